The summed E-state index contributed by atoms with van der Waals surface area (Å²) < 4.78 is 5.50. The molecule has 1 aromatic rings. The number of amides is 1. The number of rotatable bonds is 8. The topological polar surface area (TPSA) is 75.6 Å². The Balaban J connectivity index is 2.47. The molecular weight excluding hydrogens is 353 g/mol. The van der Waals surface area contributed by atoms with Crippen molar-refractivity contribution in [2.75, 3.05) is 6.61 Å². The van der Waals surface area contributed by atoms with Crippen LogP contribution in [-0.2, 0) is 20.7 Å². The quantitative estimate of drug-likeness (QED) is 0.726. The lowest BCUT2D eigenvalue weighted by molar-refractivity contribution is -0.142. The number of benzene rings is 1. The summed E-state index contributed by atoms with van der Waals surface area (Å²) in [6.45, 7) is 5.92. The maximum atomic E-state index is 12.0. The minimum absolute atomic E-state index is 0.169. The lowest BCUT2D eigenvalue weighted by Crippen LogP contribution is -2.42. The van der Waals surface area contributed by atoms with Crippen molar-refractivity contribution in [1.29, 1.82) is 0 Å². The molecule has 1 rings (SSSR count). The minimum Gasteiger partial charge on any atom is -0.480 e. The third-order valence-corrected chi connectivity index (χ3v) is 3.94. The number of nitrogens with one attached hydrogen (secondary N) is 1. The molecule has 0 heterocycles. The van der Waals surface area contributed by atoms with Crippen molar-refractivity contribution in [2.45, 2.75) is 51.7 Å². The van der Waals surface area contributed by atoms with E-state index in [1.165, 1.54) is 0 Å². The highest BCUT2D eigenvalue weighted by molar-refractivity contribution is 6.42. The predicted molar refractivity (Wildman–Crippen MR) is 94.7 cm³/mol. The summed E-state index contributed by atoms with van der Waals surface area (Å²) in [7, 11) is 0. The first kappa shape index (κ1) is 20.7. The van der Waals surface area contributed by atoms with Crippen molar-refractivity contribution in [3.05, 3.63) is 33.8 Å². The number of carbonyl (C=O) groups is 2. The van der Waals surface area contributed by atoms with Gasteiger partial charge in [-0.15, -0.1) is 0 Å². The Labute approximate surface area is 152 Å². The standard InChI is InChI=1S/C17H23Cl2NO4/c1-17(2,3)24-9-8-14(16(22)23)20-15(21)7-5-11-4-6-12(18)13(19)10-11/h4,6,10,14H,5,7-9H2,1-3H3,(H,20,21)(H,22,23). The van der Waals surface area contributed by atoms with Gasteiger partial charge in [0.1, 0.15) is 6.04 Å². The van der Waals surface area contributed by atoms with Crippen LogP contribution in [0, 0.1) is 0 Å². The molecule has 1 amide bonds. The Morgan fingerprint density at radius 1 is 1.25 bits per heavy atom. The van der Waals surface area contributed by atoms with E-state index in [4.69, 9.17) is 27.9 Å². The summed E-state index contributed by atoms with van der Waals surface area (Å²) >= 11 is 11.8. The molecule has 1 unspecified atom stereocenters. The summed E-state index contributed by atoms with van der Waals surface area (Å²) in [6, 6.07) is 4.19. The SMILES string of the molecule is CC(C)(C)OCCC(NC(=O)CCc1ccc(Cl)c(Cl)c1)C(=O)O. The van der Waals surface area contributed by atoms with Crippen LogP contribution in [0.4, 0.5) is 0 Å². The number of aryl methyl sites for hydroxylation is 1. The van der Waals surface area contributed by atoms with Crippen molar-refractivity contribution in [1.82, 2.24) is 5.32 Å². The molecule has 134 valence electrons. The molecule has 0 bridgehead atoms. The van der Waals surface area contributed by atoms with E-state index in [0.29, 0.717) is 16.5 Å². The maximum Gasteiger partial charge on any atom is 0.326 e. The van der Waals surface area contributed by atoms with Gasteiger partial charge >= 0.3 is 5.97 Å². The monoisotopic (exact) mass is 375 g/mol. The molecule has 1 aromatic carbocycles. The normalized spacial score (nSPS) is 12.7. The molecule has 0 saturated heterocycles. The molecule has 0 spiro atoms. The molecular formula is C17H23Cl2NO4. The van der Waals surface area contributed by atoms with Gasteiger partial charge in [-0.3, -0.25) is 4.79 Å². The molecule has 2 N–H and O–H groups in total. The molecule has 0 aromatic heterocycles. The van der Waals surface area contributed by atoms with Gasteiger partial charge < -0.3 is 15.2 Å². The molecule has 0 aliphatic rings. The van der Waals surface area contributed by atoms with Crippen LogP contribution in [0.1, 0.15) is 39.2 Å². The van der Waals surface area contributed by atoms with Gasteiger partial charge in [-0.25, -0.2) is 4.79 Å². The van der Waals surface area contributed by atoms with E-state index in [-0.39, 0.29) is 31.0 Å². The fraction of sp³-hybridized carbons (Fsp3) is 0.529. The summed E-state index contributed by atoms with van der Waals surface area (Å²) in [4.78, 5) is 23.2. The number of carbonyl (C=O) groups excluding carboxylic acids is 1. The van der Waals surface area contributed by atoms with E-state index in [9.17, 15) is 14.7 Å². The number of carboxylic acid groups (broad SMARTS) is 1. The minimum atomic E-state index is -1.07. The third kappa shape index (κ3) is 7.99. The number of halogens is 2. The van der Waals surface area contributed by atoms with Crippen LogP contribution in [-0.4, -0.2) is 35.2 Å². The van der Waals surface area contributed by atoms with Gasteiger partial charge in [-0.05, 0) is 44.9 Å². The number of hydrogen-bond acceptors (Lipinski definition) is 3. The van der Waals surface area contributed by atoms with E-state index in [0.717, 1.165) is 5.56 Å². The van der Waals surface area contributed by atoms with Crippen molar-refractivity contribution in [2.24, 2.45) is 0 Å². The average Bonchev–Trinajstić information content (AvgIpc) is 2.46. The van der Waals surface area contributed by atoms with Crippen molar-refractivity contribution in [3.63, 3.8) is 0 Å². The highest BCUT2D eigenvalue weighted by Gasteiger charge is 2.21. The van der Waals surface area contributed by atoms with E-state index >= 15 is 0 Å². The summed E-state index contributed by atoms with van der Waals surface area (Å²) in [6.07, 6.45) is 0.834. The van der Waals surface area contributed by atoms with E-state index < -0.39 is 12.0 Å². The molecule has 0 saturated carbocycles. The second kappa shape index (κ2) is 9.25. The van der Waals surface area contributed by atoms with Crippen LogP contribution in [0.5, 0.6) is 0 Å². The summed E-state index contributed by atoms with van der Waals surface area (Å²) in [5.74, 6) is -1.40. The molecule has 0 aliphatic heterocycles. The molecule has 5 nitrogen and oxygen atoms in total. The van der Waals surface area contributed by atoms with Crippen LogP contribution < -0.4 is 5.32 Å². The Morgan fingerprint density at radius 2 is 1.92 bits per heavy atom. The highest BCUT2D eigenvalue weighted by Crippen LogP contribution is 2.23. The highest BCUT2D eigenvalue weighted by atomic mass is 35.5. The van der Waals surface area contributed by atoms with Gasteiger partial charge in [0, 0.05) is 19.4 Å². The Morgan fingerprint density at radius 3 is 2.46 bits per heavy atom. The van der Waals surface area contributed by atoms with E-state index in [1.54, 1.807) is 18.2 Å². The lowest BCUT2D eigenvalue weighted by atomic mass is 10.1. The molecule has 0 radical (unpaired) electrons. The molecule has 1 atom stereocenters. The van der Waals surface area contributed by atoms with Gasteiger partial charge in [-0.2, -0.15) is 0 Å². The lowest BCUT2D eigenvalue weighted by Gasteiger charge is -2.21. The first-order valence-electron chi connectivity index (χ1n) is 7.68. The summed E-state index contributed by atoms with van der Waals surface area (Å²) in [5.41, 5.74) is 0.517. The van der Waals surface area contributed by atoms with Crippen molar-refractivity contribution < 1.29 is 19.4 Å². The molecule has 0 fully saturated rings. The predicted octanol–water partition coefficient (Wildman–Crippen LogP) is 3.70. The largest absolute Gasteiger partial charge is 0.480 e. The fourth-order valence-electron chi connectivity index (χ4n) is 1.96. The van der Waals surface area contributed by atoms with E-state index in [1.807, 2.05) is 20.8 Å². The number of carboxylic acids is 1. The van der Waals surface area contributed by atoms with Gasteiger partial charge in [0.15, 0.2) is 0 Å². The van der Waals surface area contributed by atoms with Crippen LogP contribution in [0.15, 0.2) is 18.2 Å². The van der Waals surface area contributed by atoms with Gasteiger partial charge in [0.25, 0.3) is 0 Å². The first-order valence-corrected chi connectivity index (χ1v) is 8.44. The number of hydrogen-bond donors (Lipinski definition) is 2. The zero-order chi connectivity index (χ0) is 18.3. The van der Waals surface area contributed by atoms with Crippen LogP contribution >= 0.6 is 23.2 Å². The van der Waals surface area contributed by atoms with E-state index in [2.05, 4.69) is 5.32 Å². The van der Waals surface area contributed by atoms with Crippen molar-refractivity contribution in [3.8, 4) is 0 Å². The molecule has 24 heavy (non-hydrogen) atoms. The average molecular weight is 376 g/mol. The zero-order valence-electron chi connectivity index (χ0n) is 14.1. The third-order valence-electron chi connectivity index (χ3n) is 3.20. The van der Waals surface area contributed by atoms with Crippen molar-refractivity contribution >= 4 is 35.1 Å². The number of ether oxygens (including phenoxy) is 1. The van der Waals surface area contributed by atoms with Gasteiger partial charge in [0.2, 0.25) is 5.91 Å². The fourth-order valence-corrected chi connectivity index (χ4v) is 2.28. The zero-order valence-corrected chi connectivity index (χ0v) is 15.6. The summed E-state index contributed by atoms with van der Waals surface area (Å²) in [5, 5.41) is 12.6. The van der Waals surface area contributed by atoms with Gasteiger partial charge in [0.05, 0.1) is 15.6 Å². The second-order valence-electron chi connectivity index (χ2n) is 6.46. The van der Waals surface area contributed by atoms with Gasteiger partial charge in [-0.1, -0.05) is 29.3 Å². The smallest absolute Gasteiger partial charge is 0.326 e. The maximum absolute atomic E-state index is 12.0. The molecule has 0 aliphatic carbocycles. The first-order chi connectivity index (χ1) is 11.1. The van der Waals surface area contributed by atoms with Crippen LogP contribution in [0.3, 0.4) is 0 Å². The number of aliphatic carboxylic acids is 1. The Bertz CT molecular complexity index is 584. The Kier molecular flexibility index (Phi) is 8.00. The second-order valence-corrected chi connectivity index (χ2v) is 7.27. The van der Waals surface area contributed by atoms with Crippen LogP contribution in [0.2, 0.25) is 10.0 Å². The Hall–Kier alpha value is -1.30. The molecule has 7 heteroatoms. The van der Waals surface area contributed by atoms with Crippen LogP contribution in [0.25, 0.3) is 0 Å².